The number of nitrogens with one attached hydrogen (secondary N) is 2. The lowest BCUT2D eigenvalue weighted by atomic mass is 9.89. The van der Waals surface area contributed by atoms with Gasteiger partial charge in [-0.1, -0.05) is 52.5 Å². The predicted molar refractivity (Wildman–Crippen MR) is 141 cm³/mol. The predicted octanol–water partition coefficient (Wildman–Crippen LogP) is 5.60. The summed E-state index contributed by atoms with van der Waals surface area (Å²) in [5, 5.41) is 6.83. The molecule has 0 heterocycles. The van der Waals surface area contributed by atoms with Crippen LogP contribution in [0.5, 0.6) is 0 Å². The maximum atomic E-state index is 13.3. The van der Waals surface area contributed by atoms with Crippen LogP contribution in [0, 0.1) is 11.8 Å². The SMILES string of the molecule is C=CC(C)PC1CCCC1C(=O)N[C@H]1CCCC[C@@H]1NC(=O)C1CCCC1PC(C)CC. The molecule has 3 rings (SSSR count). The normalized spacial score (nSPS) is 35.3. The summed E-state index contributed by atoms with van der Waals surface area (Å²) in [5.41, 5.74) is 2.28. The van der Waals surface area contributed by atoms with Gasteiger partial charge in [-0.2, -0.15) is 0 Å². The Bertz CT molecular complexity index is 643. The van der Waals surface area contributed by atoms with E-state index >= 15 is 0 Å². The fourth-order valence-electron chi connectivity index (χ4n) is 5.89. The maximum Gasteiger partial charge on any atom is 0.224 e. The molecule has 3 aliphatic rings. The standard InChI is InChI=1S/C26H46N2O2P2/c1-5-17(3)31-23-15-9-11-19(23)25(29)27-21-13-7-8-14-22(21)28-26(30)20-12-10-16-24(20)32-18(4)6-2/h5,17-24,31-32H,1,6-16H2,2-4H3,(H,27,29)(H,28,30)/t17?,18?,19?,20?,21-,22-,23?,24?/m0/s1. The molecule has 182 valence electrons. The van der Waals surface area contributed by atoms with Gasteiger partial charge < -0.3 is 10.6 Å². The van der Waals surface area contributed by atoms with Gasteiger partial charge in [-0.05, 0) is 67.6 Å². The molecule has 2 N–H and O–H groups in total. The number of carbonyl (C=O) groups excluding carboxylic acids is 2. The molecule has 0 saturated heterocycles. The second-order valence-corrected chi connectivity index (χ2v) is 14.5. The number of amides is 2. The van der Waals surface area contributed by atoms with E-state index in [4.69, 9.17) is 0 Å². The van der Waals surface area contributed by atoms with Crippen molar-refractivity contribution in [3.63, 3.8) is 0 Å². The van der Waals surface area contributed by atoms with Crippen LogP contribution in [-0.2, 0) is 9.59 Å². The topological polar surface area (TPSA) is 58.2 Å². The molecule has 6 heteroatoms. The third kappa shape index (κ3) is 7.02. The Labute approximate surface area is 199 Å². The highest BCUT2D eigenvalue weighted by Crippen LogP contribution is 2.43. The number of hydrogen-bond donors (Lipinski definition) is 2. The van der Waals surface area contributed by atoms with E-state index in [9.17, 15) is 9.59 Å². The zero-order valence-corrected chi connectivity index (χ0v) is 22.5. The summed E-state index contributed by atoms with van der Waals surface area (Å²) >= 11 is 0. The van der Waals surface area contributed by atoms with Crippen LogP contribution in [0.25, 0.3) is 0 Å². The third-order valence-corrected chi connectivity index (χ3v) is 12.0. The van der Waals surface area contributed by atoms with Crippen LogP contribution < -0.4 is 10.6 Å². The Hall–Kier alpha value is -0.460. The van der Waals surface area contributed by atoms with E-state index in [1.807, 2.05) is 6.08 Å². The molecule has 2 amide bonds. The molecule has 0 spiro atoms. The lowest BCUT2D eigenvalue weighted by molar-refractivity contribution is -0.128. The molecule has 8 unspecified atom stereocenters. The van der Waals surface area contributed by atoms with Crippen LogP contribution in [0.2, 0.25) is 0 Å². The molecule has 0 aliphatic heterocycles. The summed E-state index contributed by atoms with van der Waals surface area (Å²) in [6, 6.07) is 0.196. The van der Waals surface area contributed by atoms with Crippen molar-refractivity contribution < 1.29 is 9.59 Å². The molecule has 0 aromatic rings. The molecule has 0 aromatic carbocycles. The molecule has 3 fully saturated rings. The monoisotopic (exact) mass is 480 g/mol. The Morgan fingerprint density at radius 3 is 1.81 bits per heavy atom. The van der Waals surface area contributed by atoms with Crippen LogP contribution in [0.4, 0.5) is 0 Å². The molecule has 0 aromatic heterocycles. The van der Waals surface area contributed by atoms with Gasteiger partial charge in [0, 0.05) is 23.9 Å². The minimum absolute atomic E-state index is 0.0958. The average Bonchev–Trinajstić information content (AvgIpc) is 3.44. The second kappa shape index (κ2) is 12.9. The minimum atomic E-state index is 0.0958. The van der Waals surface area contributed by atoms with Crippen molar-refractivity contribution in [3.8, 4) is 0 Å². The van der Waals surface area contributed by atoms with Crippen molar-refractivity contribution in [2.45, 2.75) is 126 Å². The van der Waals surface area contributed by atoms with Gasteiger partial charge in [0.1, 0.15) is 0 Å². The smallest absolute Gasteiger partial charge is 0.224 e. The molecule has 32 heavy (non-hydrogen) atoms. The quantitative estimate of drug-likeness (QED) is 0.316. The van der Waals surface area contributed by atoms with Crippen LogP contribution in [0.1, 0.15) is 91.4 Å². The molecule has 4 nitrogen and oxygen atoms in total. The first-order valence-electron chi connectivity index (χ1n) is 13.2. The van der Waals surface area contributed by atoms with Gasteiger partial charge in [0.25, 0.3) is 0 Å². The van der Waals surface area contributed by atoms with Crippen LogP contribution in [-0.4, -0.2) is 46.5 Å². The van der Waals surface area contributed by atoms with Crippen molar-refractivity contribution in [2.24, 2.45) is 11.8 Å². The average molecular weight is 481 g/mol. The van der Waals surface area contributed by atoms with E-state index in [2.05, 4.69) is 38.0 Å². The largest absolute Gasteiger partial charge is 0.351 e. The number of rotatable bonds is 10. The van der Waals surface area contributed by atoms with Gasteiger partial charge in [-0.15, -0.1) is 23.7 Å². The highest BCUT2D eigenvalue weighted by atomic mass is 31.1. The first kappa shape index (κ1) is 26.2. The Morgan fingerprint density at radius 2 is 1.34 bits per heavy atom. The fourth-order valence-corrected chi connectivity index (χ4v) is 9.51. The minimum Gasteiger partial charge on any atom is -0.351 e. The summed E-state index contributed by atoms with van der Waals surface area (Å²) < 4.78 is 0. The van der Waals surface area contributed by atoms with Gasteiger partial charge in [0.05, 0.1) is 0 Å². The van der Waals surface area contributed by atoms with Crippen molar-refractivity contribution in [1.82, 2.24) is 10.6 Å². The molecular weight excluding hydrogens is 434 g/mol. The van der Waals surface area contributed by atoms with Crippen LogP contribution >= 0.6 is 17.2 Å². The lowest BCUT2D eigenvalue weighted by Gasteiger charge is -2.35. The maximum absolute atomic E-state index is 13.3. The van der Waals surface area contributed by atoms with Crippen molar-refractivity contribution in [2.75, 3.05) is 0 Å². The zero-order valence-electron chi connectivity index (χ0n) is 20.5. The van der Waals surface area contributed by atoms with E-state index in [1.54, 1.807) is 0 Å². The highest BCUT2D eigenvalue weighted by Gasteiger charge is 2.38. The molecule has 3 aliphatic carbocycles. The van der Waals surface area contributed by atoms with E-state index < -0.39 is 0 Å². The zero-order chi connectivity index (χ0) is 23.1. The van der Waals surface area contributed by atoms with E-state index in [0.29, 0.717) is 17.0 Å². The molecular formula is C26H46N2O2P2. The summed E-state index contributed by atoms with van der Waals surface area (Å²) in [5.74, 6) is 0.820. The fraction of sp³-hybridized carbons (Fsp3) is 0.846. The Morgan fingerprint density at radius 1 is 0.844 bits per heavy atom. The number of allylic oxidation sites excluding steroid dienone is 1. The molecule has 0 radical (unpaired) electrons. The van der Waals surface area contributed by atoms with E-state index in [0.717, 1.165) is 67.8 Å². The first-order chi connectivity index (χ1) is 15.4. The van der Waals surface area contributed by atoms with Crippen molar-refractivity contribution >= 4 is 29.0 Å². The first-order valence-corrected chi connectivity index (χ1v) is 15.5. The van der Waals surface area contributed by atoms with E-state index in [1.165, 1.54) is 25.7 Å². The van der Waals surface area contributed by atoms with Crippen molar-refractivity contribution in [1.29, 1.82) is 0 Å². The Balaban J connectivity index is 1.56. The molecule has 10 atom stereocenters. The number of carbonyl (C=O) groups is 2. The van der Waals surface area contributed by atoms with Gasteiger partial charge in [-0.25, -0.2) is 0 Å². The highest BCUT2D eigenvalue weighted by molar-refractivity contribution is 7.40. The summed E-state index contributed by atoms with van der Waals surface area (Å²) in [4.78, 5) is 26.5. The summed E-state index contributed by atoms with van der Waals surface area (Å²) in [6.45, 7) is 10.7. The third-order valence-electron chi connectivity index (χ3n) is 8.07. The lowest BCUT2D eigenvalue weighted by Crippen LogP contribution is -2.55. The van der Waals surface area contributed by atoms with Gasteiger partial charge in [-0.3, -0.25) is 9.59 Å². The Kier molecular flexibility index (Phi) is 10.5. The van der Waals surface area contributed by atoms with Crippen molar-refractivity contribution in [3.05, 3.63) is 12.7 Å². The van der Waals surface area contributed by atoms with Crippen LogP contribution in [0.3, 0.4) is 0 Å². The second-order valence-electron chi connectivity index (χ2n) is 10.5. The van der Waals surface area contributed by atoms with Gasteiger partial charge in [0.2, 0.25) is 11.8 Å². The molecule has 3 saturated carbocycles. The van der Waals surface area contributed by atoms with Gasteiger partial charge in [0.15, 0.2) is 0 Å². The summed E-state index contributed by atoms with van der Waals surface area (Å²) in [6.07, 6.45) is 14.3. The number of hydrogen-bond acceptors (Lipinski definition) is 2. The summed E-state index contributed by atoms with van der Waals surface area (Å²) in [7, 11) is 1.68. The molecule has 0 bridgehead atoms. The van der Waals surface area contributed by atoms with E-state index in [-0.39, 0.29) is 35.7 Å². The van der Waals surface area contributed by atoms with Gasteiger partial charge >= 0.3 is 0 Å². The van der Waals surface area contributed by atoms with Crippen LogP contribution in [0.15, 0.2) is 12.7 Å².